The molecule has 0 fully saturated rings. The fraction of sp³-hybridized carbons (Fsp3) is 0.649. The standard InChI is InChI=1S/C57H95N15O16S/c1-9-30(7)46(62)55(85)66-35(18-19-42(59)74)49(79)69-39(24-43(60)75)53(83)70-40(25-44(61)76)52(82)67-37(22-29(5)6)51(81)65-34(13-11-12-20-58)48(78)68-38(23-32-14-16-33(73)17-15-32)54(84)72-47(31(8)10-2)56(86)63-26-45(77)64-36(21-28(3)4)50(80)71-41(27-89)57(87)88/h14-17,28-31,34-41,46-47,73,89H,9-13,18-27,58,62H2,1-8H3,(H2,59,74)(H2,60,75)(H2,61,76)(H,63,86)(H,64,77)(H,65,81)(H,66,85)(H,67,82)(H,68,78)(H,69,79)(H,70,83)(H,71,80)(H,72,84)(H,87,88)/t30-,31-,34-,35-,36-,37-,38-,39-,40-,41-,46-,47-/m0/s1. The molecule has 0 saturated carbocycles. The molecule has 0 aliphatic carbocycles. The van der Waals surface area contributed by atoms with E-state index in [0.29, 0.717) is 24.8 Å². The molecule has 89 heavy (non-hydrogen) atoms. The van der Waals surface area contributed by atoms with Crippen LogP contribution in [0.2, 0.25) is 0 Å². The highest BCUT2D eigenvalue weighted by Crippen LogP contribution is 2.16. The Morgan fingerprint density at radius 2 is 0.910 bits per heavy atom. The van der Waals surface area contributed by atoms with Gasteiger partial charge in [0.15, 0.2) is 0 Å². The first-order valence-electron chi connectivity index (χ1n) is 29.6. The number of carbonyl (C=O) groups is 14. The lowest BCUT2D eigenvalue weighted by Crippen LogP contribution is -2.61. The van der Waals surface area contributed by atoms with E-state index in [2.05, 4.69) is 65.8 Å². The molecule has 1 aromatic carbocycles. The van der Waals surface area contributed by atoms with Crippen molar-refractivity contribution in [1.82, 2.24) is 53.2 Å². The molecule has 12 atom stereocenters. The molecule has 0 aliphatic heterocycles. The topological polar surface area (TPSA) is 530 Å². The second-order valence-corrected chi connectivity index (χ2v) is 23.2. The van der Waals surface area contributed by atoms with Crippen LogP contribution in [0.3, 0.4) is 0 Å². The summed E-state index contributed by atoms with van der Waals surface area (Å²) in [6.07, 6.45) is -1.47. The highest BCUT2D eigenvalue weighted by Gasteiger charge is 2.37. The second kappa shape index (κ2) is 40.4. The van der Waals surface area contributed by atoms with E-state index in [4.69, 9.17) is 28.7 Å². The van der Waals surface area contributed by atoms with Gasteiger partial charge in [0.05, 0.1) is 25.4 Å². The van der Waals surface area contributed by atoms with E-state index in [1.807, 2.05) is 0 Å². The highest BCUT2D eigenvalue weighted by molar-refractivity contribution is 7.80. The Morgan fingerprint density at radius 1 is 0.494 bits per heavy atom. The predicted octanol–water partition coefficient (Wildman–Crippen LogP) is -3.91. The number of thiol groups is 1. The molecule has 0 spiro atoms. The van der Waals surface area contributed by atoms with Crippen molar-refractivity contribution in [1.29, 1.82) is 0 Å². The lowest BCUT2D eigenvalue weighted by molar-refractivity contribution is -0.141. The number of hydrogen-bond acceptors (Lipinski definition) is 18. The number of rotatable bonds is 43. The largest absolute Gasteiger partial charge is 0.508 e. The third-order valence-electron chi connectivity index (χ3n) is 14.3. The SMILES string of the molecule is CC[C@H](C)[C@H](N)C(=O)N[C@@H](CCC(N)=O)C(=O)N[C@@H](CC(N)=O)C(=O)N[C@@H](CC(N)=O)C(=O)N[C@@H](CC(C)C)C(=O)N[C@@H](CCCCN)C(=O)N[C@@H](Cc1ccc(O)cc1)C(=O)N[C@H](C(=O)NCC(=O)N[C@@H](CC(C)C)C(=O)N[C@@H](CS)C(=O)O)[C@@H](C)CC. The highest BCUT2D eigenvalue weighted by atomic mass is 32.1. The normalized spacial score (nSPS) is 15.2. The van der Waals surface area contributed by atoms with E-state index >= 15 is 0 Å². The Hall–Kier alpha value is -8.13. The third kappa shape index (κ3) is 30.1. The molecule has 0 saturated heterocycles. The molecule has 31 nitrogen and oxygen atoms in total. The fourth-order valence-electron chi connectivity index (χ4n) is 8.70. The summed E-state index contributed by atoms with van der Waals surface area (Å²) in [5.74, 6) is -15.7. The number of aromatic hydroxyl groups is 1. The maximum Gasteiger partial charge on any atom is 0.327 e. The number of amides is 13. The Morgan fingerprint density at radius 3 is 1.36 bits per heavy atom. The number of benzene rings is 1. The van der Waals surface area contributed by atoms with Crippen LogP contribution in [0.4, 0.5) is 0 Å². The van der Waals surface area contributed by atoms with Crippen molar-refractivity contribution in [3.05, 3.63) is 29.8 Å². The minimum absolute atomic E-state index is 0.0787. The van der Waals surface area contributed by atoms with Crippen molar-refractivity contribution in [2.24, 2.45) is 52.3 Å². The molecule has 22 N–H and O–H groups in total. The van der Waals surface area contributed by atoms with Crippen LogP contribution in [0, 0.1) is 23.7 Å². The number of carboxylic acid groups (broad SMARTS) is 1. The molecule has 0 bridgehead atoms. The van der Waals surface area contributed by atoms with Gasteiger partial charge >= 0.3 is 5.97 Å². The minimum Gasteiger partial charge on any atom is -0.508 e. The van der Waals surface area contributed by atoms with Crippen LogP contribution in [0.25, 0.3) is 0 Å². The zero-order chi connectivity index (χ0) is 67.8. The molecule has 32 heteroatoms. The molecule has 13 amide bonds. The first-order chi connectivity index (χ1) is 41.7. The summed E-state index contributed by atoms with van der Waals surface area (Å²) in [4.78, 5) is 186. The van der Waals surface area contributed by atoms with Crippen molar-refractivity contribution in [2.45, 2.75) is 193 Å². The molecule has 0 unspecified atom stereocenters. The number of unbranched alkanes of at least 4 members (excludes halogenated alkanes) is 1. The zero-order valence-corrected chi connectivity index (χ0v) is 52.8. The molecule has 1 rings (SSSR count). The van der Waals surface area contributed by atoms with Crippen molar-refractivity contribution in [3.8, 4) is 5.75 Å². The predicted molar refractivity (Wildman–Crippen MR) is 328 cm³/mol. The first kappa shape index (κ1) is 78.9. The molecule has 500 valence electrons. The fourth-order valence-corrected chi connectivity index (χ4v) is 8.95. The number of hydrogen-bond donors (Lipinski definition) is 18. The van der Waals surface area contributed by atoms with Gasteiger partial charge in [0.2, 0.25) is 76.8 Å². The van der Waals surface area contributed by atoms with E-state index in [-0.39, 0.29) is 74.3 Å². The van der Waals surface area contributed by atoms with Gasteiger partial charge in [-0.2, -0.15) is 12.6 Å². The number of nitrogens with one attached hydrogen (secondary N) is 10. The van der Waals surface area contributed by atoms with Crippen LogP contribution in [0.5, 0.6) is 5.75 Å². The van der Waals surface area contributed by atoms with Crippen molar-refractivity contribution >= 4 is 95.4 Å². The number of phenols is 1. The van der Waals surface area contributed by atoms with Crippen LogP contribution in [0.15, 0.2) is 24.3 Å². The molecule has 0 aromatic heterocycles. The van der Waals surface area contributed by atoms with Crippen LogP contribution >= 0.6 is 12.6 Å². The number of carbonyl (C=O) groups excluding carboxylic acids is 13. The van der Waals surface area contributed by atoms with Gasteiger partial charge in [0.1, 0.15) is 60.1 Å². The Labute approximate surface area is 523 Å². The summed E-state index contributed by atoms with van der Waals surface area (Å²) >= 11 is 3.96. The van der Waals surface area contributed by atoms with Gasteiger partial charge < -0.3 is 92.0 Å². The lowest BCUT2D eigenvalue weighted by atomic mass is 9.97. The average molecular weight is 1280 g/mol. The van der Waals surface area contributed by atoms with Crippen LogP contribution in [-0.4, -0.2) is 172 Å². The summed E-state index contributed by atoms with van der Waals surface area (Å²) < 4.78 is 0. The molecular weight excluding hydrogens is 1180 g/mol. The first-order valence-corrected chi connectivity index (χ1v) is 30.2. The van der Waals surface area contributed by atoms with Crippen LogP contribution in [-0.2, 0) is 73.5 Å². The monoisotopic (exact) mass is 1280 g/mol. The number of primary amides is 3. The Balaban J connectivity index is 3.63. The second-order valence-electron chi connectivity index (χ2n) is 22.8. The maximum atomic E-state index is 14.5. The van der Waals surface area contributed by atoms with E-state index in [9.17, 15) is 77.3 Å². The molecule has 0 aliphatic rings. The smallest absolute Gasteiger partial charge is 0.327 e. The van der Waals surface area contributed by atoms with Gasteiger partial charge in [0.25, 0.3) is 0 Å². The number of aliphatic carboxylic acids is 1. The number of phenolic OH excluding ortho intramolecular Hbond substituents is 1. The Bertz CT molecular complexity index is 2600. The summed E-state index contributed by atoms with van der Waals surface area (Å²) in [7, 11) is 0. The van der Waals surface area contributed by atoms with Gasteiger partial charge in [-0.3, -0.25) is 62.3 Å². The van der Waals surface area contributed by atoms with E-state index in [1.54, 1.807) is 55.4 Å². The zero-order valence-electron chi connectivity index (χ0n) is 51.9. The summed E-state index contributed by atoms with van der Waals surface area (Å²) in [6, 6.07) is -9.04. The maximum absolute atomic E-state index is 14.5. The van der Waals surface area contributed by atoms with Crippen LogP contribution in [0.1, 0.15) is 132 Å². The van der Waals surface area contributed by atoms with Gasteiger partial charge in [-0.1, -0.05) is 80.4 Å². The van der Waals surface area contributed by atoms with Gasteiger partial charge in [-0.15, -0.1) is 0 Å². The van der Waals surface area contributed by atoms with Crippen molar-refractivity contribution < 1.29 is 77.3 Å². The quantitative estimate of drug-likeness (QED) is 0.0219. The van der Waals surface area contributed by atoms with Crippen molar-refractivity contribution in [2.75, 3.05) is 18.8 Å². The van der Waals surface area contributed by atoms with Crippen LogP contribution < -0.4 is 81.8 Å². The third-order valence-corrected chi connectivity index (χ3v) is 14.6. The van der Waals surface area contributed by atoms with Crippen molar-refractivity contribution in [3.63, 3.8) is 0 Å². The summed E-state index contributed by atoms with van der Waals surface area (Å²) in [5.41, 5.74) is 28.5. The van der Waals surface area contributed by atoms with Gasteiger partial charge in [-0.25, -0.2) is 4.79 Å². The lowest BCUT2D eigenvalue weighted by Gasteiger charge is -2.29. The van der Waals surface area contributed by atoms with Gasteiger partial charge in [0, 0.05) is 18.6 Å². The van der Waals surface area contributed by atoms with E-state index < -0.39 is 175 Å². The number of carboxylic acids is 1. The Kier molecular flexibility index (Phi) is 35.8. The van der Waals surface area contributed by atoms with E-state index in [0.717, 1.165) is 0 Å². The molecule has 0 heterocycles. The molecule has 1 aromatic rings. The summed E-state index contributed by atoms with van der Waals surface area (Å²) in [5, 5.41) is 44.2. The number of nitrogens with two attached hydrogens (primary N) is 5. The molecular formula is C57H95N15O16S. The molecule has 0 radical (unpaired) electrons. The summed E-state index contributed by atoms with van der Waals surface area (Å²) in [6.45, 7) is 13.3. The average Bonchev–Trinajstić information content (AvgIpc) is 3.01. The van der Waals surface area contributed by atoms with Gasteiger partial charge in [-0.05, 0) is 86.4 Å². The van der Waals surface area contributed by atoms with E-state index in [1.165, 1.54) is 24.3 Å². The minimum atomic E-state index is -1.88.